The molecule has 0 unspecified atom stereocenters. The van der Waals surface area contributed by atoms with Gasteiger partial charge in [0.05, 0.1) is 20.9 Å². The Morgan fingerprint density at radius 2 is 1.28 bits per heavy atom. The number of hydrogen-bond acceptors (Lipinski definition) is 11. The molecule has 256 valence electrons. The average Bonchev–Trinajstić information content (AvgIpc) is 3.60. The zero-order chi connectivity index (χ0) is 35.3. The molecular formula is C28H30F6N6O5S2. The molecule has 4 N–H and O–H groups in total. The monoisotopic (exact) mass is 708 g/mol. The second-order valence-corrected chi connectivity index (χ2v) is 11.2. The Labute approximate surface area is 273 Å². The molecule has 47 heavy (non-hydrogen) atoms. The van der Waals surface area contributed by atoms with Crippen LogP contribution in [-0.4, -0.2) is 48.9 Å². The summed E-state index contributed by atoms with van der Waals surface area (Å²) in [7, 11) is 0. The summed E-state index contributed by atoms with van der Waals surface area (Å²) in [4.78, 5) is 22.3. The minimum Gasteiger partial charge on any atom is -0.478 e. The van der Waals surface area contributed by atoms with E-state index in [4.69, 9.17) is 15.3 Å². The molecule has 19 heteroatoms. The number of benzene rings is 2. The molecule has 0 aliphatic carbocycles. The molecular weight excluding hydrogens is 678 g/mol. The molecule has 0 atom stereocenters. The van der Waals surface area contributed by atoms with Gasteiger partial charge in [0.1, 0.15) is 5.82 Å². The summed E-state index contributed by atoms with van der Waals surface area (Å²) in [5.74, 6) is -2.70. The van der Waals surface area contributed by atoms with Crippen LogP contribution in [0.2, 0.25) is 0 Å². The number of amides is 1. The van der Waals surface area contributed by atoms with E-state index in [0.29, 0.717) is 30.2 Å². The highest BCUT2D eigenvalue weighted by Crippen LogP contribution is 2.36. The van der Waals surface area contributed by atoms with E-state index in [1.54, 1.807) is 6.92 Å². The number of nitrogens with one attached hydrogen (secondary N) is 1. The predicted octanol–water partition coefficient (Wildman–Crippen LogP) is 8.13. The van der Waals surface area contributed by atoms with E-state index < -0.39 is 53.1 Å². The molecule has 0 radical (unpaired) electrons. The summed E-state index contributed by atoms with van der Waals surface area (Å²) in [5.41, 5.74) is 3.23. The van der Waals surface area contributed by atoms with Crippen LogP contribution in [0.15, 0.2) is 42.9 Å². The molecule has 2 aromatic heterocycles. The molecule has 0 bridgehead atoms. The third-order valence-electron chi connectivity index (χ3n) is 5.39. The van der Waals surface area contributed by atoms with Gasteiger partial charge in [0.2, 0.25) is 11.8 Å². The first-order chi connectivity index (χ1) is 22.2. The van der Waals surface area contributed by atoms with Crippen LogP contribution in [0.1, 0.15) is 83.2 Å². The van der Waals surface area contributed by atoms with Gasteiger partial charge in [-0.15, -0.1) is 33.7 Å². The number of hydrogen-bond donors (Lipinski definition) is 3. The van der Waals surface area contributed by atoms with E-state index in [1.807, 2.05) is 13.8 Å². The van der Waals surface area contributed by atoms with Gasteiger partial charge in [-0.2, -0.15) is 0 Å². The van der Waals surface area contributed by atoms with Crippen LogP contribution in [-0.2, 0) is 0 Å². The first-order valence-electron chi connectivity index (χ1n) is 13.6. The quantitative estimate of drug-likeness (QED) is 0.101. The van der Waals surface area contributed by atoms with Crippen molar-refractivity contribution in [2.75, 3.05) is 22.6 Å². The number of aryl methyl sites for hydroxylation is 2. The van der Waals surface area contributed by atoms with Gasteiger partial charge in [-0.3, -0.25) is 10.1 Å². The van der Waals surface area contributed by atoms with Crippen molar-refractivity contribution in [1.29, 1.82) is 0 Å². The maximum atomic E-state index is 14.5. The average molecular weight is 709 g/mol. The number of carbonyl (C=O) groups excluding carboxylic acids is 1. The molecule has 1 amide bonds. The highest BCUT2D eigenvalue weighted by molar-refractivity contribution is 7.99. The van der Waals surface area contributed by atoms with Crippen LogP contribution < -0.4 is 11.1 Å². The Hall–Kier alpha value is -4.26. The van der Waals surface area contributed by atoms with E-state index in [2.05, 4.69) is 30.1 Å². The number of aromatic carboxylic acids is 1. The van der Waals surface area contributed by atoms with E-state index in [1.165, 1.54) is 6.92 Å². The third kappa shape index (κ3) is 11.5. The smallest absolute Gasteiger partial charge is 0.338 e. The number of carbonyl (C=O) groups is 2. The molecule has 2 heterocycles. The van der Waals surface area contributed by atoms with E-state index in [9.17, 15) is 35.9 Å². The van der Waals surface area contributed by atoms with Crippen molar-refractivity contribution in [1.82, 2.24) is 20.4 Å². The number of aromatic nitrogens is 4. The van der Waals surface area contributed by atoms with Crippen LogP contribution >= 0.6 is 23.5 Å². The summed E-state index contributed by atoms with van der Waals surface area (Å²) >= 11 is 1.87. The lowest BCUT2D eigenvalue weighted by atomic mass is 10.1. The van der Waals surface area contributed by atoms with Crippen LogP contribution in [0, 0.1) is 25.5 Å². The zero-order valence-corrected chi connectivity index (χ0v) is 27.0. The number of nitrogens with zero attached hydrogens (tertiary/aromatic N) is 4. The van der Waals surface area contributed by atoms with Crippen LogP contribution in [0.5, 0.6) is 0 Å². The Kier molecular flexibility index (Phi) is 15.5. The SMILES string of the molecule is CCCSc1c(C(F)F)ccc(C(=O)Nc2nnc(C)o2)c1F.CCCSc1c(C(F)F)ccc(C(=O)O)c1F.Cc1nnc(N)o1. The number of rotatable bonds is 11. The maximum Gasteiger partial charge on any atom is 0.338 e. The maximum absolute atomic E-state index is 14.5. The summed E-state index contributed by atoms with van der Waals surface area (Å²) < 4.78 is 89.1. The number of nitrogens with two attached hydrogens (primary N) is 1. The van der Waals surface area contributed by atoms with Crippen molar-refractivity contribution in [2.24, 2.45) is 0 Å². The Morgan fingerprint density at radius 3 is 1.64 bits per heavy atom. The second-order valence-electron chi connectivity index (χ2n) is 9.03. The fourth-order valence-corrected chi connectivity index (χ4v) is 5.29. The summed E-state index contributed by atoms with van der Waals surface area (Å²) in [5, 5.41) is 24.9. The molecule has 0 fully saturated rings. The standard InChI is InChI=1S/C14H14F3N3O2S.C11H11F3O2S.C3H5N3O/c1-3-6-23-11-9(12(16)17)5-4-8(10(11)15)13(21)18-14-20-19-7(2)22-14;1-2-5-17-9-7(10(13)14)4-3-6(8(9)12)11(15)16;1-2-5-6-3(4)7-2/h4-5,12H,3,6H2,1-2H3,(H,18,20,21);3-4,10H,2,5H2,1H3,(H,15,16);1H3,(H2,4,6). The first kappa shape index (κ1) is 38.9. The number of alkyl halides is 4. The highest BCUT2D eigenvalue weighted by atomic mass is 32.2. The number of nitrogen functional groups attached to an aromatic ring is 1. The molecule has 0 saturated carbocycles. The van der Waals surface area contributed by atoms with Crippen molar-refractivity contribution >= 4 is 47.4 Å². The van der Waals surface area contributed by atoms with Crippen LogP contribution in [0.25, 0.3) is 0 Å². The number of thioether (sulfide) groups is 2. The minimum absolute atomic E-state index is 0.123. The Morgan fingerprint density at radius 1 is 0.809 bits per heavy atom. The lowest BCUT2D eigenvalue weighted by Gasteiger charge is -2.12. The molecule has 0 aliphatic rings. The molecule has 0 saturated heterocycles. The Bertz CT molecular complexity index is 1620. The van der Waals surface area contributed by atoms with Crippen LogP contribution in [0.3, 0.4) is 0 Å². The fraction of sp³-hybridized carbons (Fsp3) is 0.357. The zero-order valence-electron chi connectivity index (χ0n) is 25.3. The van der Waals surface area contributed by atoms with Crippen LogP contribution in [0.4, 0.5) is 38.4 Å². The van der Waals surface area contributed by atoms with Gasteiger partial charge < -0.3 is 19.7 Å². The van der Waals surface area contributed by atoms with Crippen molar-refractivity contribution in [3.8, 4) is 0 Å². The predicted molar refractivity (Wildman–Crippen MR) is 162 cm³/mol. The lowest BCUT2D eigenvalue weighted by molar-refractivity contribution is 0.0689. The second kappa shape index (κ2) is 18.8. The normalized spacial score (nSPS) is 10.7. The third-order valence-corrected chi connectivity index (χ3v) is 8.02. The fourth-order valence-electron chi connectivity index (χ4n) is 3.35. The topological polar surface area (TPSA) is 170 Å². The van der Waals surface area contributed by atoms with Gasteiger partial charge in [0, 0.05) is 25.0 Å². The highest BCUT2D eigenvalue weighted by Gasteiger charge is 2.24. The molecule has 11 nitrogen and oxygen atoms in total. The van der Waals surface area contributed by atoms with E-state index in [-0.39, 0.29) is 33.3 Å². The van der Waals surface area contributed by atoms with Gasteiger partial charge in [-0.05, 0) is 36.5 Å². The van der Waals surface area contributed by atoms with Gasteiger partial charge >= 0.3 is 18.0 Å². The lowest BCUT2D eigenvalue weighted by Crippen LogP contribution is -2.15. The summed E-state index contributed by atoms with van der Waals surface area (Å²) in [6.45, 7) is 6.89. The molecule has 0 aliphatic heterocycles. The number of carboxylic acid groups (broad SMARTS) is 1. The van der Waals surface area contributed by atoms with E-state index >= 15 is 0 Å². The molecule has 0 spiro atoms. The summed E-state index contributed by atoms with van der Waals surface area (Å²) in [6, 6.07) is 3.85. The number of anilines is 2. The molecule has 2 aromatic carbocycles. The first-order valence-corrected chi connectivity index (χ1v) is 15.6. The van der Waals surface area contributed by atoms with Gasteiger partial charge in [0.25, 0.3) is 18.8 Å². The molecule has 4 rings (SSSR count). The van der Waals surface area contributed by atoms with Crippen molar-refractivity contribution in [3.63, 3.8) is 0 Å². The van der Waals surface area contributed by atoms with Crippen molar-refractivity contribution in [3.05, 3.63) is 69.9 Å². The van der Waals surface area contributed by atoms with Gasteiger partial charge in [0.15, 0.2) is 5.82 Å². The minimum atomic E-state index is -2.82. The van der Waals surface area contributed by atoms with Gasteiger partial charge in [-0.25, -0.2) is 31.1 Å². The Balaban J connectivity index is 0.000000279. The largest absolute Gasteiger partial charge is 0.478 e. The molecule has 4 aromatic rings. The van der Waals surface area contributed by atoms with Crippen molar-refractivity contribution < 1.29 is 49.9 Å². The van der Waals surface area contributed by atoms with Gasteiger partial charge in [-0.1, -0.05) is 36.2 Å². The van der Waals surface area contributed by atoms with E-state index in [0.717, 1.165) is 47.8 Å². The number of carboxylic acids is 1. The van der Waals surface area contributed by atoms with Crippen molar-refractivity contribution in [2.45, 2.75) is 63.2 Å². The summed E-state index contributed by atoms with van der Waals surface area (Å²) in [6.07, 6.45) is -4.26. The number of halogens is 6.